The van der Waals surface area contributed by atoms with Crippen molar-refractivity contribution in [2.75, 3.05) is 0 Å². The Bertz CT molecular complexity index is 4580. The van der Waals surface area contributed by atoms with Crippen LogP contribution in [0, 0.1) is 145 Å². The molecule has 0 amide bonds. The Kier molecular flexibility index (Phi) is 18.7. The summed E-state index contributed by atoms with van der Waals surface area (Å²) in [5.74, 6) is -0.00680. The van der Waals surface area contributed by atoms with Gasteiger partial charge in [-0.3, -0.25) is 0 Å². The van der Waals surface area contributed by atoms with Gasteiger partial charge in [0.2, 0.25) is 0 Å². The van der Waals surface area contributed by atoms with Crippen molar-refractivity contribution < 1.29 is 46.0 Å². The van der Waals surface area contributed by atoms with E-state index in [-0.39, 0.29) is 51.7 Å². The van der Waals surface area contributed by atoms with Gasteiger partial charge in [-0.05, 0) is 342 Å². The Morgan fingerprint density at radius 2 is 0.378 bits per heavy atom. The highest BCUT2D eigenvalue weighted by molar-refractivity contribution is 5.69. The topological polar surface area (TPSA) is 182 Å². The molecule has 0 atom stereocenters. The molecule has 0 radical (unpaired) electrons. The normalized spacial score (nSPS) is 12.1. The summed E-state index contributed by atoms with van der Waals surface area (Å²) >= 11 is 0. The van der Waals surface area contributed by atoms with Crippen molar-refractivity contribution in [3.05, 3.63) is 292 Å². The van der Waals surface area contributed by atoms with Crippen LogP contribution in [-0.4, -0.2) is 46.0 Å². The Balaban J connectivity index is 1.27. The molecule has 0 fully saturated rings. The monoisotopic (exact) mass is 1310 g/mol. The summed E-state index contributed by atoms with van der Waals surface area (Å²) < 4.78 is 0. The molecule has 0 spiro atoms. The zero-order valence-electron chi connectivity index (χ0n) is 62.0. The summed E-state index contributed by atoms with van der Waals surface area (Å²) in [4.78, 5) is 0. The van der Waals surface area contributed by atoms with Crippen molar-refractivity contribution in [3.63, 3.8) is 0 Å². The molecule has 9 heteroatoms. The SMILES string of the molecule is Cc1cc(C(C)(C)c2ccc(C(C)(c3cc(C)c(O)c(C(c4cc(C)c(O)c(C)c4C)c4cc(C)c(O)c(C)c4C)c3)c3cc(C)c(O)c(C(c4cc(C)c(O)c(C)c4C)c4cc(C)c(O)c(C)c4C)c3)cc2)cc(C(c2cc(C)c(O)c(C)c2C)c2cc(C)c(O)c(C)c2C)c1O. The molecule has 0 saturated carbocycles. The quantitative estimate of drug-likeness (QED) is 0.0479. The molecule has 10 aromatic rings. The van der Waals surface area contributed by atoms with E-state index in [0.717, 1.165) is 139 Å². The first-order chi connectivity index (χ1) is 45.7. The van der Waals surface area contributed by atoms with Crippen LogP contribution in [0.5, 0.6) is 51.7 Å². The van der Waals surface area contributed by atoms with Crippen molar-refractivity contribution in [1.29, 1.82) is 0 Å². The van der Waals surface area contributed by atoms with E-state index in [1.165, 1.54) is 0 Å². The van der Waals surface area contributed by atoms with Gasteiger partial charge in [-0.25, -0.2) is 0 Å². The minimum absolute atomic E-state index is 0.107. The number of phenolic OH excluding ortho intramolecular Hbond substituents is 9. The third-order valence-electron chi connectivity index (χ3n) is 23.4. The lowest BCUT2D eigenvalue weighted by Gasteiger charge is -2.36. The zero-order chi connectivity index (χ0) is 72.4. The maximum absolute atomic E-state index is 13.0. The second-order valence-electron chi connectivity index (χ2n) is 29.6. The zero-order valence-corrected chi connectivity index (χ0v) is 62.0. The summed E-state index contributed by atoms with van der Waals surface area (Å²) in [7, 11) is 0. The van der Waals surface area contributed by atoms with Gasteiger partial charge in [-0.1, -0.05) is 98.8 Å². The fraction of sp³-hybridized carbons (Fsp3) is 0.326. The van der Waals surface area contributed by atoms with E-state index in [1.807, 2.05) is 182 Å². The second kappa shape index (κ2) is 25.7. The van der Waals surface area contributed by atoms with Crippen molar-refractivity contribution in [2.24, 2.45) is 0 Å². The highest BCUT2D eigenvalue weighted by atomic mass is 16.3. The maximum Gasteiger partial charge on any atom is 0.122 e. The van der Waals surface area contributed by atoms with Gasteiger partial charge in [0.1, 0.15) is 51.7 Å². The molecule has 0 aliphatic heterocycles. The van der Waals surface area contributed by atoms with Gasteiger partial charge in [0.15, 0.2) is 0 Å². The van der Waals surface area contributed by atoms with Crippen molar-refractivity contribution >= 4 is 0 Å². The predicted octanol–water partition coefficient (Wildman–Crippen LogP) is 20.7. The third kappa shape index (κ3) is 11.5. The van der Waals surface area contributed by atoms with Gasteiger partial charge >= 0.3 is 0 Å². The molecular weight excluding hydrogens is 1210 g/mol. The first-order valence-electron chi connectivity index (χ1n) is 34.1. The van der Waals surface area contributed by atoms with Gasteiger partial charge in [0, 0.05) is 45.3 Å². The number of benzene rings is 10. The largest absolute Gasteiger partial charge is 0.507 e. The number of aryl methyl sites for hydroxylation is 9. The van der Waals surface area contributed by atoms with Crippen molar-refractivity contribution in [1.82, 2.24) is 0 Å². The maximum atomic E-state index is 13.0. The molecule has 0 aliphatic rings. The lowest BCUT2D eigenvalue weighted by molar-refractivity contribution is 0.459. The van der Waals surface area contributed by atoms with Crippen LogP contribution in [0.2, 0.25) is 0 Å². The summed E-state index contributed by atoms with van der Waals surface area (Å²) in [5.41, 5.74) is 26.1. The van der Waals surface area contributed by atoms with E-state index in [1.54, 1.807) is 0 Å². The molecular formula is C89H100O9. The first kappa shape index (κ1) is 71.2. The molecule has 510 valence electrons. The molecule has 9 nitrogen and oxygen atoms in total. The molecule has 9 N–H and O–H groups in total. The number of rotatable bonds is 14. The number of aromatic hydroxyl groups is 9. The molecule has 0 heterocycles. The van der Waals surface area contributed by atoms with Crippen LogP contribution in [-0.2, 0) is 10.8 Å². The van der Waals surface area contributed by atoms with Crippen LogP contribution in [0.15, 0.2) is 97.1 Å². The molecule has 0 unspecified atom stereocenters. The molecule has 10 rings (SSSR count). The molecule has 0 saturated heterocycles. The third-order valence-corrected chi connectivity index (χ3v) is 23.4. The fourth-order valence-corrected chi connectivity index (χ4v) is 15.8. The van der Waals surface area contributed by atoms with Crippen LogP contribution in [0.3, 0.4) is 0 Å². The number of phenols is 9. The van der Waals surface area contributed by atoms with E-state index < -0.39 is 28.6 Å². The predicted molar refractivity (Wildman–Crippen MR) is 399 cm³/mol. The van der Waals surface area contributed by atoms with Gasteiger partial charge < -0.3 is 46.0 Å². The molecule has 10 aromatic carbocycles. The van der Waals surface area contributed by atoms with E-state index >= 15 is 0 Å². The van der Waals surface area contributed by atoms with Crippen LogP contribution in [0.1, 0.15) is 233 Å². The van der Waals surface area contributed by atoms with E-state index in [9.17, 15) is 46.0 Å². The summed E-state index contributed by atoms with van der Waals surface area (Å²) in [6.45, 7) is 47.4. The molecule has 0 aromatic heterocycles. The molecule has 0 bridgehead atoms. The Morgan fingerprint density at radius 3 is 0.602 bits per heavy atom. The Labute approximate surface area is 581 Å². The summed E-state index contributed by atoms with van der Waals surface area (Å²) in [6.07, 6.45) is 0. The number of hydrogen-bond acceptors (Lipinski definition) is 9. The van der Waals surface area contributed by atoms with E-state index in [4.69, 9.17) is 0 Å². The second-order valence-corrected chi connectivity index (χ2v) is 29.6. The van der Waals surface area contributed by atoms with Crippen LogP contribution >= 0.6 is 0 Å². The summed E-state index contributed by atoms with van der Waals surface area (Å²) in [6, 6.07) is 33.4. The van der Waals surface area contributed by atoms with Gasteiger partial charge in [0.05, 0.1) is 0 Å². The van der Waals surface area contributed by atoms with E-state index in [2.05, 4.69) is 81.4 Å². The van der Waals surface area contributed by atoms with Crippen LogP contribution < -0.4 is 0 Å². The lowest BCUT2D eigenvalue weighted by Crippen LogP contribution is -2.27. The van der Waals surface area contributed by atoms with Gasteiger partial charge in [-0.2, -0.15) is 0 Å². The standard InChI is InChI=1S/C89H100O9/c1-41-29-64(38-73(85(41)96)76(67-32-44(4)79(90)56(16)50(67)10)68-33-45(5)80(91)57(17)51(68)11)88(22,23)62-25-27-63(28-26-62)89(24,65-30-42(2)86(97)74(39-65)77(69-34-46(6)81(92)58(18)52(69)12)70-35-47(7)82(93)59(19)53(70)13)66-31-43(3)87(98)75(40-66)78(71-36-48(8)83(94)60(20)54(71)14)72-37-49(9)84(95)61(21)55(72)15/h25-40,76-78,90-98H,1-24H3. The van der Waals surface area contributed by atoms with Crippen LogP contribution in [0.4, 0.5) is 0 Å². The van der Waals surface area contributed by atoms with Crippen molar-refractivity contribution in [2.45, 2.75) is 195 Å². The minimum atomic E-state index is -1.08. The Hall–Kier alpha value is -9.60. The highest BCUT2D eigenvalue weighted by Crippen LogP contribution is 2.54. The van der Waals surface area contributed by atoms with E-state index in [0.29, 0.717) is 55.6 Å². The summed E-state index contributed by atoms with van der Waals surface area (Å²) in [5, 5.41) is 107. The Morgan fingerprint density at radius 1 is 0.194 bits per heavy atom. The smallest absolute Gasteiger partial charge is 0.122 e. The van der Waals surface area contributed by atoms with Gasteiger partial charge in [-0.15, -0.1) is 0 Å². The van der Waals surface area contributed by atoms with Crippen molar-refractivity contribution in [3.8, 4) is 51.7 Å². The van der Waals surface area contributed by atoms with Crippen LogP contribution in [0.25, 0.3) is 0 Å². The molecule has 0 aliphatic carbocycles. The number of hydrogen-bond donors (Lipinski definition) is 9. The fourth-order valence-electron chi connectivity index (χ4n) is 15.8. The average Bonchev–Trinajstić information content (AvgIpc) is 0.733. The minimum Gasteiger partial charge on any atom is -0.507 e. The average molecular weight is 1310 g/mol. The highest BCUT2D eigenvalue weighted by Gasteiger charge is 2.39. The van der Waals surface area contributed by atoms with Gasteiger partial charge in [0.25, 0.3) is 0 Å². The first-order valence-corrected chi connectivity index (χ1v) is 34.1. The molecule has 98 heavy (non-hydrogen) atoms. The lowest BCUT2D eigenvalue weighted by atomic mass is 9.67.